The van der Waals surface area contributed by atoms with Gasteiger partial charge in [-0.15, -0.1) is 0 Å². The number of anilines is 2. The number of para-hydroxylation sites is 1. The molecule has 0 bridgehead atoms. The third-order valence-electron chi connectivity index (χ3n) is 3.72. The zero-order chi connectivity index (χ0) is 16.4. The van der Waals surface area contributed by atoms with Crippen LogP contribution in [0.3, 0.4) is 0 Å². The summed E-state index contributed by atoms with van der Waals surface area (Å²) in [6.07, 6.45) is 0. The average molecular weight is 306 g/mol. The number of carbonyl (C=O) groups excluding carboxylic acids is 1. The van der Waals surface area contributed by atoms with E-state index in [-0.39, 0.29) is 5.78 Å². The molecule has 0 spiro atoms. The van der Waals surface area contributed by atoms with Crippen molar-refractivity contribution in [1.29, 1.82) is 0 Å². The minimum Gasteiger partial charge on any atom is -0.496 e. The zero-order valence-electron chi connectivity index (χ0n) is 13.4. The highest BCUT2D eigenvalue weighted by Crippen LogP contribution is 2.30. The Morgan fingerprint density at radius 1 is 1.13 bits per heavy atom. The minimum absolute atomic E-state index is 0.0106. The first-order valence-electron chi connectivity index (χ1n) is 7.41. The van der Waals surface area contributed by atoms with E-state index in [0.717, 1.165) is 27.9 Å². The number of carbonyl (C=O) groups is 1. The fourth-order valence-electron chi connectivity index (χ4n) is 2.58. The monoisotopic (exact) mass is 306 g/mol. The van der Waals surface area contributed by atoms with Crippen LogP contribution >= 0.6 is 0 Å². The second-order valence-corrected chi connectivity index (χ2v) is 5.46. The molecule has 0 saturated heterocycles. The summed E-state index contributed by atoms with van der Waals surface area (Å²) in [4.78, 5) is 16.4. The molecule has 0 fully saturated rings. The van der Waals surface area contributed by atoms with E-state index in [1.54, 1.807) is 20.1 Å². The molecular weight excluding hydrogens is 288 g/mol. The number of rotatable bonds is 4. The number of hydrogen-bond acceptors (Lipinski definition) is 4. The van der Waals surface area contributed by atoms with E-state index in [9.17, 15) is 4.79 Å². The molecule has 3 rings (SSSR count). The zero-order valence-corrected chi connectivity index (χ0v) is 13.4. The number of benzene rings is 2. The number of methoxy groups -OCH3 is 1. The number of nitrogens with zero attached hydrogens (tertiary/aromatic N) is 1. The minimum atomic E-state index is 0.0106. The smallest absolute Gasteiger partial charge is 0.161 e. The fraction of sp³-hybridized carbons (Fsp3) is 0.158. The van der Waals surface area contributed by atoms with Crippen molar-refractivity contribution in [3.05, 3.63) is 59.7 Å². The van der Waals surface area contributed by atoms with Gasteiger partial charge in [-0.1, -0.05) is 23.8 Å². The molecule has 4 heteroatoms. The summed E-state index contributed by atoms with van der Waals surface area (Å²) in [5, 5.41) is 4.19. The van der Waals surface area contributed by atoms with Crippen molar-refractivity contribution >= 4 is 28.2 Å². The quantitative estimate of drug-likeness (QED) is 0.721. The van der Waals surface area contributed by atoms with Crippen LogP contribution in [0.1, 0.15) is 22.8 Å². The van der Waals surface area contributed by atoms with Crippen LogP contribution < -0.4 is 10.1 Å². The number of Topliss-reactive ketones (excluding diaryl/α,β-unsaturated/α-hetero) is 1. The van der Waals surface area contributed by atoms with Crippen LogP contribution in [0.5, 0.6) is 5.75 Å². The second-order valence-electron chi connectivity index (χ2n) is 5.46. The summed E-state index contributed by atoms with van der Waals surface area (Å²) in [5.41, 5.74) is 3.37. The first kappa shape index (κ1) is 15.0. The van der Waals surface area contributed by atoms with Crippen LogP contribution in [0.2, 0.25) is 0 Å². The number of pyridine rings is 1. The molecule has 1 heterocycles. The summed E-state index contributed by atoms with van der Waals surface area (Å²) >= 11 is 0. The topological polar surface area (TPSA) is 51.2 Å². The SMILES string of the molecule is COc1cc(Nc2ccccc2C(C)=O)nc2ccc(C)cc12. The summed E-state index contributed by atoms with van der Waals surface area (Å²) in [6, 6.07) is 15.3. The Balaban J connectivity index is 2.08. The Morgan fingerprint density at radius 3 is 2.65 bits per heavy atom. The first-order valence-corrected chi connectivity index (χ1v) is 7.41. The van der Waals surface area contributed by atoms with Crippen LogP contribution in [0.4, 0.5) is 11.5 Å². The highest BCUT2D eigenvalue weighted by molar-refractivity contribution is 6.00. The van der Waals surface area contributed by atoms with Gasteiger partial charge in [0.25, 0.3) is 0 Å². The summed E-state index contributed by atoms with van der Waals surface area (Å²) in [5.74, 6) is 1.41. The van der Waals surface area contributed by atoms with Gasteiger partial charge in [0, 0.05) is 17.0 Å². The van der Waals surface area contributed by atoms with E-state index in [1.165, 1.54) is 0 Å². The van der Waals surface area contributed by atoms with E-state index >= 15 is 0 Å². The van der Waals surface area contributed by atoms with E-state index < -0.39 is 0 Å². The van der Waals surface area contributed by atoms with E-state index in [1.807, 2.05) is 43.3 Å². The molecule has 0 aliphatic rings. The number of ether oxygens (including phenoxy) is 1. The van der Waals surface area contributed by atoms with Gasteiger partial charge < -0.3 is 10.1 Å². The predicted octanol–water partition coefficient (Wildman–Crippen LogP) is 4.50. The van der Waals surface area contributed by atoms with Gasteiger partial charge in [-0.3, -0.25) is 4.79 Å². The molecule has 0 unspecified atom stereocenters. The lowest BCUT2D eigenvalue weighted by Gasteiger charge is -2.12. The second kappa shape index (κ2) is 6.08. The highest BCUT2D eigenvalue weighted by atomic mass is 16.5. The van der Waals surface area contributed by atoms with Crippen molar-refractivity contribution < 1.29 is 9.53 Å². The molecule has 4 nitrogen and oxygen atoms in total. The molecule has 2 aromatic carbocycles. The number of aromatic nitrogens is 1. The van der Waals surface area contributed by atoms with Crippen LogP contribution in [-0.2, 0) is 0 Å². The Morgan fingerprint density at radius 2 is 1.91 bits per heavy atom. The lowest BCUT2D eigenvalue weighted by molar-refractivity contribution is 0.101. The van der Waals surface area contributed by atoms with Gasteiger partial charge in [-0.2, -0.15) is 0 Å². The number of nitrogens with one attached hydrogen (secondary N) is 1. The first-order chi connectivity index (χ1) is 11.1. The maximum atomic E-state index is 11.7. The maximum absolute atomic E-state index is 11.7. The third kappa shape index (κ3) is 3.01. The highest BCUT2D eigenvalue weighted by Gasteiger charge is 2.10. The van der Waals surface area contributed by atoms with Crippen molar-refractivity contribution in [2.45, 2.75) is 13.8 Å². The van der Waals surface area contributed by atoms with Gasteiger partial charge in [-0.25, -0.2) is 4.98 Å². The van der Waals surface area contributed by atoms with Crippen molar-refractivity contribution in [2.75, 3.05) is 12.4 Å². The number of ketones is 1. The lowest BCUT2D eigenvalue weighted by atomic mass is 10.1. The van der Waals surface area contributed by atoms with Gasteiger partial charge in [0.15, 0.2) is 5.78 Å². The summed E-state index contributed by atoms with van der Waals surface area (Å²) in [6.45, 7) is 3.59. The van der Waals surface area contributed by atoms with E-state index in [2.05, 4.69) is 16.4 Å². The molecule has 0 aliphatic carbocycles. The molecular formula is C19H18N2O2. The third-order valence-corrected chi connectivity index (χ3v) is 3.72. The van der Waals surface area contributed by atoms with Gasteiger partial charge in [0.2, 0.25) is 0 Å². The molecule has 0 aliphatic heterocycles. The van der Waals surface area contributed by atoms with E-state index in [0.29, 0.717) is 11.4 Å². The number of hydrogen-bond donors (Lipinski definition) is 1. The molecule has 0 radical (unpaired) electrons. The van der Waals surface area contributed by atoms with Crippen LogP contribution in [0.25, 0.3) is 10.9 Å². The van der Waals surface area contributed by atoms with Gasteiger partial charge in [0.1, 0.15) is 11.6 Å². The lowest BCUT2D eigenvalue weighted by Crippen LogP contribution is -2.02. The largest absolute Gasteiger partial charge is 0.496 e. The molecule has 0 saturated carbocycles. The Kier molecular flexibility index (Phi) is 3.98. The summed E-state index contributed by atoms with van der Waals surface area (Å²) < 4.78 is 5.49. The molecule has 0 atom stereocenters. The van der Waals surface area contributed by atoms with Crippen molar-refractivity contribution in [3.8, 4) is 5.75 Å². The van der Waals surface area contributed by atoms with Crippen LogP contribution in [0, 0.1) is 6.92 Å². The summed E-state index contributed by atoms with van der Waals surface area (Å²) in [7, 11) is 1.64. The standard InChI is InChI=1S/C19H18N2O2/c1-12-8-9-17-15(10-12)18(23-3)11-19(21-17)20-16-7-5-4-6-14(16)13(2)22/h4-11H,1-3H3,(H,20,21). The molecule has 116 valence electrons. The van der Waals surface area contributed by atoms with Gasteiger partial charge >= 0.3 is 0 Å². The van der Waals surface area contributed by atoms with E-state index in [4.69, 9.17) is 4.74 Å². The van der Waals surface area contributed by atoms with Crippen LogP contribution in [-0.4, -0.2) is 17.9 Å². The molecule has 1 N–H and O–H groups in total. The predicted molar refractivity (Wildman–Crippen MR) is 92.8 cm³/mol. The van der Waals surface area contributed by atoms with Crippen molar-refractivity contribution in [2.24, 2.45) is 0 Å². The Labute approximate surface area is 135 Å². The molecule has 1 aromatic heterocycles. The number of fused-ring (bicyclic) bond motifs is 1. The Bertz CT molecular complexity index is 888. The molecule has 3 aromatic rings. The van der Waals surface area contributed by atoms with Gasteiger partial charge in [-0.05, 0) is 38.1 Å². The number of aryl methyl sites for hydroxylation is 1. The van der Waals surface area contributed by atoms with Crippen LogP contribution in [0.15, 0.2) is 48.5 Å². The molecule has 23 heavy (non-hydrogen) atoms. The Hall–Kier alpha value is -2.88. The van der Waals surface area contributed by atoms with Crippen molar-refractivity contribution in [1.82, 2.24) is 4.98 Å². The molecule has 0 amide bonds. The van der Waals surface area contributed by atoms with Crippen molar-refractivity contribution in [3.63, 3.8) is 0 Å². The van der Waals surface area contributed by atoms with Gasteiger partial charge in [0.05, 0.1) is 18.3 Å². The fourth-order valence-corrected chi connectivity index (χ4v) is 2.58. The average Bonchev–Trinajstić information content (AvgIpc) is 2.54. The normalized spacial score (nSPS) is 10.6. The maximum Gasteiger partial charge on any atom is 0.161 e.